The maximum atomic E-state index is 11.6. The molecule has 1 aliphatic rings. The van der Waals surface area contributed by atoms with Crippen molar-refractivity contribution in [1.29, 1.82) is 0 Å². The van der Waals surface area contributed by atoms with E-state index in [2.05, 4.69) is 0 Å². The molecule has 0 aliphatic carbocycles. The van der Waals surface area contributed by atoms with Crippen molar-refractivity contribution >= 4 is 29.2 Å². The lowest BCUT2D eigenvalue weighted by molar-refractivity contribution is -0.310. The molecular weight excluding hydrogens is 230 g/mol. The summed E-state index contributed by atoms with van der Waals surface area (Å²) in [5, 5.41) is 11.2. The molecule has 1 aromatic carbocycles. The van der Waals surface area contributed by atoms with Crippen molar-refractivity contribution in [3.63, 3.8) is 0 Å². The predicted octanol–water partition coefficient (Wildman–Crippen LogP) is 0.443. The number of anilines is 1. The van der Waals surface area contributed by atoms with E-state index in [4.69, 9.17) is 11.6 Å². The summed E-state index contributed by atoms with van der Waals surface area (Å²) in [5.41, 5.74) is 0.626. The Kier molecular flexibility index (Phi) is 2.83. The Balaban J connectivity index is 2.23. The van der Waals surface area contributed by atoms with Gasteiger partial charge >= 0.3 is 0 Å². The minimum absolute atomic E-state index is 0.00511. The highest BCUT2D eigenvalue weighted by molar-refractivity contribution is 6.30. The van der Waals surface area contributed by atoms with Crippen LogP contribution in [0.15, 0.2) is 24.3 Å². The number of carboxylic acids is 1. The fraction of sp³-hybridized carbons (Fsp3) is 0.273. The molecule has 16 heavy (non-hydrogen) atoms. The summed E-state index contributed by atoms with van der Waals surface area (Å²) >= 11 is 5.80. The molecule has 5 heteroatoms. The second-order valence-corrected chi connectivity index (χ2v) is 4.14. The molecule has 1 aliphatic heterocycles. The molecule has 1 heterocycles. The largest absolute Gasteiger partial charge is 0.550 e. The summed E-state index contributed by atoms with van der Waals surface area (Å²) in [7, 11) is 0. The number of carbonyl (C=O) groups excluding carboxylic acids is 2. The van der Waals surface area contributed by atoms with Gasteiger partial charge in [-0.15, -0.1) is 0 Å². The van der Waals surface area contributed by atoms with Crippen LogP contribution in [0.1, 0.15) is 6.42 Å². The second kappa shape index (κ2) is 4.14. The zero-order valence-corrected chi connectivity index (χ0v) is 9.11. The summed E-state index contributed by atoms with van der Waals surface area (Å²) in [6.07, 6.45) is -0.00511. The Bertz CT molecular complexity index is 447. The number of carboxylic acid groups (broad SMARTS) is 1. The zero-order valence-electron chi connectivity index (χ0n) is 8.35. The van der Waals surface area contributed by atoms with E-state index in [1.54, 1.807) is 24.3 Å². The SMILES string of the molecule is O=C([O-])[C@H]1CC(=O)N(c2cccc(Cl)c2)C1. The molecule has 1 atom stereocenters. The van der Waals surface area contributed by atoms with E-state index in [0.717, 1.165) is 0 Å². The van der Waals surface area contributed by atoms with Crippen LogP contribution in [-0.4, -0.2) is 18.4 Å². The number of hydrogen-bond acceptors (Lipinski definition) is 3. The number of carbonyl (C=O) groups is 2. The third kappa shape index (κ3) is 2.02. The van der Waals surface area contributed by atoms with E-state index in [1.807, 2.05) is 0 Å². The monoisotopic (exact) mass is 238 g/mol. The third-order valence-electron chi connectivity index (χ3n) is 2.58. The van der Waals surface area contributed by atoms with Gasteiger partial charge in [-0.05, 0) is 18.2 Å². The molecule has 1 saturated heterocycles. The van der Waals surface area contributed by atoms with E-state index in [-0.39, 0.29) is 18.9 Å². The Hall–Kier alpha value is -1.55. The van der Waals surface area contributed by atoms with Gasteiger partial charge < -0.3 is 14.8 Å². The van der Waals surface area contributed by atoms with Crippen LogP contribution >= 0.6 is 11.6 Å². The molecule has 1 aromatic rings. The van der Waals surface area contributed by atoms with Crippen LogP contribution in [0, 0.1) is 5.92 Å². The van der Waals surface area contributed by atoms with Crippen LogP contribution in [0.2, 0.25) is 5.02 Å². The van der Waals surface area contributed by atoms with Gasteiger partial charge in [-0.2, -0.15) is 0 Å². The van der Waals surface area contributed by atoms with E-state index in [0.29, 0.717) is 10.7 Å². The number of halogens is 1. The molecule has 84 valence electrons. The lowest BCUT2D eigenvalue weighted by atomic mass is 10.1. The van der Waals surface area contributed by atoms with Crippen molar-refractivity contribution in [2.45, 2.75) is 6.42 Å². The standard InChI is InChI=1S/C11H10ClNO3/c12-8-2-1-3-9(5-8)13-6-7(11(15)16)4-10(13)14/h1-3,5,7H,4,6H2,(H,15,16)/p-1/t7-/m0/s1. The first kappa shape index (κ1) is 11.0. The summed E-state index contributed by atoms with van der Waals surface area (Å²) in [6, 6.07) is 6.78. The van der Waals surface area contributed by atoms with E-state index < -0.39 is 11.9 Å². The minimum atomic E-state index is -1.18. The molecule has 0 N–H and O–H groups in total. The Morgan fingerprint density at radius 1 is 1.50 bits per heavy atom. The number of aliphatic carboxylic acids is 1. The second-order valence-electron chi connectivity index (χ2n) is 3.70. The molecule has 1 amide bonds. The van der Waals surface area contributed by atoms with Crippen molar-refractivity contribution in [3.8, 4) is 0 Å². The minimum Gasteiger partial charge on any atom is -0.550 e. The number of benzene rings is 1. The van der Waals surface area contributed by atoms with Gasteiger partial charge in [-0.1, -0.05) is 17.7 Å². The zero-order chi connectivity index (χ0) is 11.7. The average Bonchev–Trinajstić information content (AvgIpc) is 2.60. The van der Waals surface area contributed by atoms with Gasteiger partial charge in [-0.25, -0.2) is 0 Å². The molecular formula is C11H9ClNO3-. The first-order chi connectivity index (χ1) is 7.58. The molecule has 0 radical (unpaired) electrons. The van der Waals surface area contributed by atoms with Gasteiger partial charge in [0.1, 0.15) is 0 Å². The predicted molar refractivity (Wildman–Crippen MR) is 56.9 cm³/mol. The van der Waals surface area contributed by atoms with Crippen molar-refractivity contribution in [2.75, 3.05) is 11.4 Å². The summed E-state index contributed by atoms with van der Waals surface area (Å²) in [4.78, 5) is 23.7. The maximum absolute atomic E-state index is 11.6. The van der Waals surface area contributed by atoms with Crippen LogP contribution < -0.4 is 10.0 Å². The van der Waals surface area contributed by atoms with Gasteiger partial charge in [0, 0.05) is 35.6 Å². The average molecular weight is 239 g/mol. The van der Waals surface area contributed by atoms with Crippen molar-refractivity contribution in [1.82, 2.24) is 0 Å². The highest BCUT2D eigenvalue weighted by Crippen LogP contribution is 2.26. The fourth-order valence-electron chi connectivity index (χ4n) is 1.76. The van der Waals surface area contributed by atoms with Crippen LogP contribution in [0.5, 0.6) is 0 Å². The Morgan fingerprint density at radius 2 is 2.25 bits per heavy atom. The van der Waals surface area contributed by atoms with Crippen molar-refractivity contribution in [3.05, 3.63) is 29.3 Å². The maximum Gasteiger partial charge on any atom is 0.227 e. The van der Waals surface area contributed by atoms with Gasteiger partial charge in [0.2, 0.25) is 5.91 Å². The molecule has 1 fully saturated rings. The summed E-state index contributed by atoms with van der Waals surface area (Å²) in [5.74, 6) is -2.12. The summed E-state index contributed by atoms with van der Waals surface area (Å²) in [6.45, 7) is 0.154. The smallest absolute Gasteiger partial charge is 0.227 e. The number of rotatable bonds is 2. The first-order valence-electron chi connectivity index (χ1n) is 4.84. The van der Waals surface area contributed by atoms with Crippen molar-refractivity contribution < 1.29 is 14.7 Å². The molecule has 0 unspecified atom stereocenters. The number of hydrogen-bond donors (Lipinski definition) is 0. The Morgan fingerprint density at radius 3 is 2.81 bits per heavy atom. The first-order valence-corrected chi connectivity index (χ1v) is 5.22. The molecule has 0 spiro atoms. The van der Waals surface area contributed by atoms with Gasteiger partial charge in [0.15, 0.2) is 0 Å². The fourth-order valence-corrected chi connectivity index (χ4v) is 1.94. The van der Waals surface area contributed by atoms with Gasteiger partial charge in [-0.3, -0.25) is 4.79 Å². The Labute approximate surface area is 97.4 Å². The van der Waals surface area contributed by atoms with E-state index >= 15 is 0 Å². The van der Waals surface area contributed by atoms with E-state index in [1.165, 1.54) is 4.90 Å². The van der Waals surface area contributed by atoms with Crippen LogP contribution in [0.4, 0.5) is 5.69 Å². The molecule has 0 aromatic heterocycles. The highest BCUT2D eigenvalue weighted by atomic mass is 35.5. The third-order valence-corrected chi connectivity index (χ3v) is 2.81. The normalized spacial score (nSPS) is 20.2. The van der Waals surface area contributed by atoms with E-state index in [9.17, 15) is 14.7 Å². The lowest BCUT2D eigenvalue weighted by Gasteiger charge is -2.17. The number of amides is 1. The molecule has 0 saturated carbocycles. The molecule has 0 bridgehead atoms. The van der Waals surface area contributed by atoms with Crippen LogP contribution in [0.3, 0.4) is 0 Å². The van der Waals surface area contributed by atoms with Crippen LogP contribution in [0.25, 0.3) is 0 Å². The molecule has 2 rings (SSSR count). The van der Waals surface area contributed by atoms with Gasteiger partial charge in [0.25, 0.3) is 0 Å². The quantitative estimate of drug-likeness (QED) is 0.751. The van der Waals surface area contributed by atoms with Gasteiger partial charge in [0.05, 0.1) is 0 Å². The van der Waals surface area contributed by atoms with Crippen LogP contribution in [-0.2, 0) is 9.59 Å². The lowest BCUT2D eigenvalue weighted by Crippen LogP contribution is -2.33. The van der Waals surface area contributed by atoms with Crippen molar-refractivity contribution in [2.24, 2.45) is 5.92 Å². The molecule has 4 nitrogen and oxygen atoms in total. The summed E-state index contributed by atoms with van der Waals surface area (Å²) < 4.78 is 0. The number of nitrogens with zero attached hydrogens (tertiary/aromatic N) is 1. The topological polar surface area (TPSA) is 60.4 Å². The highest BCUT2D eigenvalue weighted by Gasteiger charge is 2.31.